The van der Waals surface area contributed by atoms with E-state index in [4.69, 9.17) is 16.0 Å². The molecule has 0 aliphatic heterocycles. The molecule has 0 unspecified atom stereocenters. The molecule has 7 nitrogen and oxygen atoms in total. The molecule has 4 heterocycles. The second-order valence-electron chi connectivity index (χ2n) is 5.54. The maximum Gasteiger partial charge on any atom is 0.259 e. The molecule has 9 heteroatoms. The van der Waals surface area contributed by atoms with Crippen LogP contribution in [0.1, 0.15) is 25.7 Å². The highest BCUT2D eigenvalue weighted by atomic mass is 35.5. The molecule has 0 aromatic carbocycles. The Kier molecular flexibility index (Phi) is 4.96. The zero-order valence-electron chi connectivity index (χ0n) is 14.1. The average Bonchev–Trinajstić information content (AvgIpc) is 3.38. The summed E-state index contributed by atoms with van der Waals surface area (Å²) in [5, 5.41) is 3.22. The molecule has 0 saturated heterocycles. The molecule has 28 heavy (non-hydrogen) atoms. The zero-order chi connectivity index (χ0) is 19.5. The highest BCUT2D eigenvalue weighted by molar-refractivity contribution is 7.18. The number of hydrogen-bond donors (Lipinski definition) is 1. The van der Waals surface area contributed by atoms with Gasteiger partial charge in [-0.1, -0.05) is 29.0 Å². The Bertz CT molecular complexity index is 1130. The minimum atomic E-state index is -0.416. The molecule has 4 rings (SSSR count). The number of thiazole rings is 1. The van der Waals surface area contributed by atoms with E-state index >= 15 is 0 Å². The summed E-state index contributed by atoms with van der Waals surface area (Å²) < 4.78 is 5.40. The maximum absolute atomic E-state index is 12.9. The van der Waals surface area contributed by atoms with Crippen molar-refractivity contribution >= 4 is 39.8 Å². The van der Waals surface area contributed by atoms with Crippen LogP contribution in [0.2, 0.25) is 5.15 Å². The van der Waals surface area contributed by atoms with E-state index in [1.807, 2.05) is 0 Å². The van der Waals surface area contributed by atoms with Gasteiger partial charge in [-0.15, -0.1) is 0 Å². The van der Waals surface area contributed by atoms with Gasteiger partial charge in [-0.3, -0.25) is 19.9 Å². The van der Waals surface area contributed by atoms with E-state index in [1.54, 1.807) is 36.4 Å². The molecular weight excluding hydrogens is 400 g/mol. The van der Waals surface area contributed by atoms with Crippen LogP contribution >= 0.6 is 22.9 Å². The third-order valence-electron chi connectivity index (χ3n) is 3.70. The summed E-state index contributed by atoms with van der Waals surface area (Å²) in [4.78, 5) is 38.0. The fraction of sp³-hybridized carbons (Fsp3) is 0. The Hall–Kier alpha value is -3.36. The lowest BCUT2D eigenvalue weighted by atomic mass is 10.1. The molecule has 0 aliphatic carbocycles. The second kappa shape index (κ2) is 7.71. The van der Waals surface area contributed by atoms with E-state index in [0.717, 1.165) is 11.3 Å². The predicted octanol–water partition coefficient (Wildman–Crippen LogP) is 4.33. The van der Waals surface area contributed by atoms with Crippen molar-refractivity contribution in [2.45, 2.75) is 0 Å². The fourth-order valence-electron chi connectivity index (χ4n) is 2.40. The lowest BCUT2D eigenvalue weighted by Gasteiger charge is -2.00. The number of nitrogens with one attached hydrogen (secondary N) is 1. The number of anilines is 1. The van der Waals surface area contributed by atoms with Crippen molar-refractivity contribution in [3.8, 4) is 11.5 Å². The topological polar surface area (TPSA) is 98.0 Å². The van der Waals surface area contributed by atoms with Crippen LogP contribution in [0.3, 0.4) is 0 Å². The molecule has 0 aliphatic rings. The molecule has 0 saturated carbocycles. The Morgan fingerprint density at radius 2 is 1.96 bits per heavy atom. The Morgan fingerprint density at radius 1 is 1.07 bits per heavy atom. The van der Waals surface area contributed by atoms with Crippen LogP contribution in [-0.4, -0.2) is 26.6 Å². The number of halogens is 1. The summed E-state index contributed by atoms with van der Waals surface area (Å²) in [6.07, 6.45) is 4.39. The van der Waals surface area contributed by atoms with Gasteiger partial charge < -0.3 is 4.42 Å². The highest BCUT2D eigenvalue weighted by Gasteiger charge is 2.24. The first-order chi connectivity index (χ1) is 13.6. The monoisotopic (exact) mass is 410 g/mol. The molecule has 138 valence electrons. The first-order valence-corrected chi connectivity index (χ1v) is 9.24. The summed E-state index contributed by atoms with van der Waals surface area (Å²) in [7, 11) is 0. The number of hydrogen-bond acceptors (Lipinski definition) is 7. The number of aromatic nitrogens is 3. The lowest BCUT2D eigenvalue weighted by Crippen LogP contribution is -2.11. The standard InChI is InChI=1S/C19H11ClN4O3S/c20-14-7-6-11(10-22-14)18(26)24-19-23-15(13-5-3-9-27-13)17(28-19)16(25)12-4-1-2-8-21-12/h1-10H,(H,23,24,26). The van der Waals surface area contributed by atoms with Gasteiger partial charge in [0.15, 0.2) is 10.9 Å². The van der Waals surface area contributed by atoms with Crippen LogP contribution in [0, 0.1) is 0 Å². The Labute approximate surface area is 168 Å². The quantitative estimate of drug-likeness (QED) is 0.388. The van der Waals surface area contributed by atoms with E-state index in [-0.39, 0.29) is 21.8 Å². The van der Waals surface area contributed by atoms with Crippen molar-refractivity contribution in [3.05, 3.63) is 82.4 Å². The van der Waals surface area contributed by atoms with E-state index < -0.39 is 5.91 Å². The number of pyridine rings is 2. The highest BCUT2D eigenvalue weighted by Crippen LogP contribution is 2.33. The number of nitrogens with zero attached hydrogens (tertiary/aromatic N) is 3. The minimum absolute atomic E-state index is 0.255. The van der Waals surface area contributed by atoms with Crippen LogP contribution in [-0.2, 0) is 0 Å². The van der Waals surface area contributed by atoms with Crippen molar-refractivity contribution in [2.75, 3.05) is 5.32 Å². The lowest BCUT2D eigenvalue weighted by molar-refractivity contribution is 0.102. The van der Waals surface area contributed by atoms with Gasteiger partial charge in [-0.25, -0.2) is 9.97 Å². The van der Waals surface area contributed by atoms with Crippen LogP contribution in [0.15, 0.2) is 65.5 Å². The van der Waals surface area contributed by atoms with Gasteiger partial charge in [-0.05, 0) is 36.4 Å². The van der Waals surface area contributed by atoms with E-state index in [9.17, 15) is 9.59 Å². The SMILES string of the molecule is O=C(Nc1nc(-c2ccco2)c(C(=O)c2ccccn2)s1)c1ccc(Cl)nc1. The van der Waals surface area contributed by atoms with Gasteiger partial charge in [0.25, 0.3) is 5.91 Å². The molecular formula is C19H11ClN4O3S. The molecule has 4 aromatic heterocycles. The number of amides is 1. The average molecular weight is 411 g/mol. The third-order valence-corrected chi connectivity index (χ3v) is 4.89. The Balaban J connectivity index is 1.68. The number of rotatable bonds is 5. The number of carbonyl (C=O) groups is 2. The van der Waals surface area contributed by atoms with Gasteiger partial charge >= 0.3 is 0 Å². The van der Waals surface area contributed by atoms with Crippen LogP contribution in [0.4, 0.5) is 5.13 Å². The summed E-state index contributed by atoms with van der Waals surface area (Å²) in [6, 6.07) is 11.5. The maximum atomic E-state index is 12.9. The smallest absolute Gasteiger partial charge is 0.259 e. The molecule has 1 N–H and O–H groups in total. The fourth-order valence-corrected chi connectivity index (χ4v) is 3.43. The van der Waals surface area contributed by atoms with Crippen molar-refractivity contribution in [2.24, 2.45) is 0 Å². The second-order valence-corrected chi connectivity index (χ2v) is 6.93. The van der Waals surface area contributed by atoms with E-state index in [1.165, 1.54) is 24.7 Å². The zero-order valence-corrected chi connectivity index (χ0v) is 15.7. The third kappa shape index (κ3) is 3.68. The molecule has 0 bridgehead atoms. The van der Waals surface area contributed by atoms with Crippen molar-refractivity contribution in [1.82, 2.24) is 15.0 Å². The van der Waals surface area contributed by atoms with Crippen molar-refractivity contribution < 1.29 is 14.0 Å². The summed E-state index contributed by atoms with van der Waals surface area (Å²) in [5.74, 6) is -0.303. The van der Waals surface area contributed by atoms with Crippen LogP contribution < -0.4 is 5.32 Å². The van der Waals surface area contributed by atoms with Crippen LogP contribution in [0.25, 0.3) is 11.5 Å². The molecule has 0 spiro atoms. The number of furan rings is 1. The van der Waals surface area contributed by atoms with Crippen molar-refractivity contribution in [3.63, 3.8) is 0 Å². The molecule has 1 amide bonds. The molecule has 0 radical (unpaired) electrons. The summed E-state index contributed by atoms with van der Waals surface area (Å²) in [5.41, 5.74) is 0.936. The summed E-state index contributed by atoms with van der Waals surface area (Å²) in [6.45, 7) is 0. The first kappa shape index (κ1) is 18.0. The first-order valence-electron chi connectivity index (χ1n) is 8.05. The van der Waals surface area contributed by atoms with Gasteiger partial charge in [0.2, 0.25) is 5.78 Å². The van der Waals surface area contributed by atoms with E-state index in [2.05, 4.69) is 20.3 Å². The van der Waals surface area contributed by atoms with Gasteiger partial charge in [0, 0.05) is 12.4 Å². The summed E-state index contributed by atoms with van der Waals surface area (Å²) >= 11 is 6.79. The van der Waals surface area contributed by atoms with Crippen LogP contribution in [0.5, 0.6) is 0 Å². The van der Waals surface area contributed by atoms with Gasteiger partial charge in [0.05, 0.1) is 11.8 Å². The minimum Gasteiger partial charge on any atom is -0.463 e. The van der Waals surface area contributed by atoms with Gasteiger partial charge in [-0.2, -0.15) is 0 Å². The van der Waals surface area contributed by atoms with Gasteiger partial charge in [0.1, 0.15) is 21.4 Å². The molecule has 4 aromatic rings. The molecule has 0 atom stereocenters. The number of ketones is 1. The molecule has 0 fully saturated rings. The largest absolute Gasteiger partial charge is 0.463 e. The predicted molar refractivity (Wildman–Crippen MR) is 105 cm³/mol. The number of carbonyl (C=O) groups excluding carboxylic acids is 2. The van der Waals surface area contributed by atoms with E-state index in [0.29, 0.717) is 21.9 Å². The van der Waals surface area contributed by atoms with Crippen molar-refractivity contribution in [1.29, 1.82) is 0 Å². The Morgan fingerprint density at radius 3 is 2.64 bits per heavy atom. The normalized spacial score (nSPS) is 10.6.